The van der Waals surface area contributed by atoms with Crippen LogP contribution >= 0.6 is 0 Å². The van der Waals surface area contributed by atoms with Crippen LogP contribution in [-0.4, -0.2) is 22.6 Å². The van der Waals surface area contributed by atoms with Gasteiger partial charge in [0, 0.05) is 42.2 Å². The minimum absolute atomic E-state index is 0.0731. The molecule has 0 saturated carbocycles. The van der Waals surface area contributed by atoms with Gasteiger partial charge in [-0.3, -0.25) is 15.1 Å². The lowest BCUT2D eigenvalue weighted by molar-refractivity contribution is -0.163. The van der Waals surface area contributed by atoms with Crippen molar-refractivity contribution in [1.29, 1.82) is 5.26 Å². The third kappa shape index (κ3) is 5.84. The zero-order valence-electron chi connectivity index (χ0n) is 18.0. The Morgan fingerprint density at radius 3 is 2.48 bits per heavy atom. The summed E-state index contributed by atoms with van der Waals surface area (Å²) in [6, 6.07) is 9.68. The number of carbonyl (C=O) groups excluding carboxylic acids is 1. The molecule has 0 radical (unpaired) electrons. The van der Waals surface area contributed by atoms with E-state index in [4.69, 9.17) is 5.26 Å². The number of hydrogen-bond donors (Lipinski definition) is 2. The van der Waals surface area contributed by atoms with Gasteiger partial charge < -0.3 is 5.32 Å². The minimum atomic E-state index is -4.59. The summed E-state index contributed by atoms with van der Waals surface area (Å²) >= 11 is 0. The third-order valence-electron chi connectivity index (χ3n) is 5.39. The number of alkyl halides is 3. The van der Waals surface area contributed by atoms with Crippen molar-refractivity contribution < 1.29 is 22.4 Å². The maximum atomic E-state index is 14.6. The Morgan fingerprint density at radius 2 is 1.88 bits per heavy atom. The standard InChI is InChI=1S/C24H22F4N4O/c1-23(2,22(33)32-18-5-4-17(13-29)20(12-18)24(26,27)28)31-14-15-3-6-19(21(25)11-15)16-7-9-30-10-8-16/h3-11,20,31H,12,14H2,1-2H3,(H,32,33). The molecule has 0 aliphatic heterocycles. The molecule has 1 aliphatic rings. The Labute approximate surface area is 188 Å². The number of aromatic nitrogens is 1. The van der Waals surface area contributed by atoms with Crippen molar-refractivity contribution in [3.05, 3.63) is 77.5 Å². The van der Waals surface area contributed by atoms with E-state index in [0.717, 1.165) is 6.08 Å². The molecule has 1 heterocycles. The molecule has 2 aromatic rings. The van der Waals surface area contributed by atoms with Gasteiger partial charge in [0.2, 0.25) is 5.91 Å². The maximum absolute atomic E-state index is 14.6. The Morgan fingerprint density at radius 1 is 1.18 bits per heavy atom. The van der Waals surface area contributed by atoms with Crippen LogP contribution < -0.4 is 10.6 Å². The van der Waals surface area contributed by atoms with Gasteiger partial charge in [-0.1, -0.05) is 12.1 Å². The fourth-order valence-corrected chi connectivity index (χ4v) is 3.34. The van der Waals surface area contributed by atoms with Crippen molar-refractivity contribution >= 4 is 5.91 Å². The summed E-state index contributed by atoms with van der Waals surface area (Å²) in [5.41, 5.74) is 0.231. The second-order valence-electron chi connectivity index (χ2n) is 8.21. The number of nitrogens with zero attached hydrogens (tertiary/aromatic N) is 2. The molecule has 1 unspecified atom stereocenters. The van der Waals surface area contributed by atoms with Crippen LogP contribution in [-0.2, 0) is 11.3 Å². The first-order valence-corrected chi connectivity index (χ1v) is 10.1. The van der Waals surface area contributed by atoms with E-state index in [9.17, 15) is 22.4 Å². The van der Waals surface area contributed by atoms with Gasteiger partial charge in [-0.15, -0.1) is 0 Å². The third-order valence-corrected chi connectivity index (χ3v) is 5.39. The van der Waals surface area contributed by atoms with E-state index in [1.807, 2.05) is 0 Å². The Bertz CT molecular complexity index is 1130. The average molecular weight is 458 g/mol. The van der Waals surface area contributed by atoms with Crippen LogP contribution in [0.2, 0.25) is 0 Å². The molecule has 1 aromatic heterocycles. The number of allylic oxidation sites excluding steroid dienone is 4. The number of amides is 1. The van der Waals surface area contributed by atoms with Crippen molar-refractivity contribution in [2.45, 2.75) is 38.5 Å². The molecule has 0 fully saturated rings. The number of carbonyl (C=O) groups is 1. The molecule has 2 N–H and O–H groups in total. The number of nitriles is 1. The molecule has 3 rings (SSSR count). The molecule has 0 bridgehead atoms. The van der Waals surface area contributed by atoms with Gasteiger partial charge >= 0.3 is 6.18 Å². The SMILES string of the molecule is CC(C)(NCc1ccc(-c2ccncc2)c(F)c1)C(=O)NC1=CC=C(C#N)C(C(F)(F)F)C1. The molecule has 9 heteroatoms. The topological polar surface area (TPSA) is 77.8 Å². The number of hydrogen-bond acceptors (Lipinski definition) is 4. The fraction of sp³-hybridized carbons (Fsp3) is 0.292. The van der Waals surface area contributed by atoms with Gasteiger partial charge in [-0.2, -0.15) is 18.4 Å². The molecular formula is C24H22F4N4O. The van der Waals surface area contributed by atoms with Crippen LogP contribution in [0, 0.1) is 23.1 Å². The van der Waals surface area contributed by atoms with Crippen LogP contribution in [0.5, 0.6) is 0 Å². The van der Waals surface area contributed by atoms with Gasteiger partial charge in [0.25, 0.3) is 0 Å². The highest BCUT2D eigenvalue weighted by atomic mass is 19.4. The average Bonchev–Trinajstić information content (AvgIpc) is 2.77. The smallest absolute Gasteiger partial charge is 0.328 e. The zero-order valence-corrected chi connectivity index (χ0v) is 18.0. The van der Waals surface area contributed by atoms with Crippen LogP contribution in [0.1, 0.15) is 25.8 Å². The minimum Gasteiger partial charge on any atom is -0.328 e. The molecule has 1 aromatic carbocycles. The van der Waals surface area contributed by atoms with Gasteiger partial charge in [0.1, 0.15) is 5.82 Å². The van der Waals surface area contributed by atoms with Crippen molar-refractivity contribution in [2.24, 2.45) is 5.92 Å². The van der Waals surface area contributed by atoms with E-state index in [1.54, 1.807) is 56.6 Å². The molecule has 1 atom stereocenters. The molecule has 1 amide bonds. The highest BCUT2D eigenvalue weighted by Crippen LogP contribution is 2.38. The van der Waals surface area contributed by atoms with Crippen molar-refractivity contribution in [3.63, 3.8) is 0 Å². The second-order valence-corrected chi connectivity index (χ2v) is 8.21. The second kappa shape index (κ2) is 9.55. The van der Waals surface area contributed by atoms with E-state index >= 15 is 0 Å². The molecule has 1 aliphatic carbocycles. The first-order chi connectivity index (χ1) is 15.5. The van der Waals surface area contributed by atoms with Gasteiger partial charge in [0.05, 0.1) is 17.5 Å². The summed E-state index contributed by atoms with van der Waals surface area (Å²) in [5, 5.41) is 14.4. The summed E-state index contributed by atoms with van der Waals surface area (Å²) in [7, 11) is 0. The van der Waals surface area contributed by atoms with Crippen LogP contribution in [0.4, 0.5) is 17.6 Å². The predicted molar refractivity (Wildman–Crippen MR) is 115 cm³/mol. The molecular weight excluding hydrogens is 436 g/mol. The zero-order chi connectivity index (χ0) is 24.2. The number of rotatable bonds is 6. The van der Waals surface area contributed by atoms with Crippen molar-refractivity contribution in [3.8, 4) is 17.2 Å². The molecule has 0 spiro atoms. The molecule has 33 heavy (non-hydrogen) atoms. The largest absolute Gasteiger partial charge is 0.396 e. The van der Waals surface area contributed by atoms with Crippen LogP contribution in [0.25, 0.3) is 11.1 Å². The highest BCUT2D eigenvalue weighted by Gasteiger charge is 2.44. The quantitative estimate of drug-likeness (QED) is 0.611. The van der Waals surface area contributed by atoms with Gasteiger partial charge in [-0.25, -0.2) is 4.39 Å². The summed E-state index contributed by atoms with van der Waals surface area (Å²) in [4.78, 5) is 16.6. The highest BCUT2D eigenvalue weighted by molar-refractivity contribution is 5.87. The first-order valence-electron chi connectivity index (χ1n) is 10.1. The maximum Gasteiger partial charge on any atom is 0.396 e. The Kier molecular flexibility index (Phi) is 6.98. The molecule has 5 nitrogen and oxygen atoms in total. The van der Waals surface area contributed by atoms with Gasteiger partial charge in [-0.05, 0) is 55.3 Å². The summed E-state index contributed by atoms with van der Waals surface area (Å²) in [6.07, 6.45) is 0.410. The van der Waals surface area contributed by atoms with E-state index < -0.39 is 41.4 Å². The van der Waals surface area contributed by atoms with Crippen LogP contribution in [0.15, 0.2) is 66.1 Å². The number of nitrogens with one attached hydrogen (secondary N) is 2. The summed E-state index contributed by atoms with van der Waals surface area (Å²) < 4.78 is 54.2. The monoisotopic (exact) mass is 458 g/mol. The predicted octanol–water partition coefficient (Wildman–Crippen LogP) is 4.79. The van der Waals surface area contributed by atoms with E-state index in [0.29, 0.717) is 16.7 Å². The number of benzene rings is 1. The lowest BCUT2D eigenvalue weighted by atomic mass is 9.89. The fourth-order valence-electron chi connectivity index (χ4n) is 3.34. The summed E-state index contributed by atoms with van der Waals surface area (Å²) in [5.74, 6) is -2.92. The van der Waals surface area contributed by atoms with Crippen molar-refractivity contribution in [1.82, 2.24) is 15.6 Å². The normalized spacial score (nSPS) is 16.5. The van der Waals surface area contributed by atoms with Crippen molar-refractivity contribution in [2.75, 3.05) is 0 Å². The Hall–Kier alpha value is -3.51. The van der Waals surface area contributed by atoms with Gasteiger partial charge in [0.15, 0.2) is 0 Å². The van der Waals surface area contributed by atoms with E-state index in [2.05, 4.69) is 15.6 Å². The Balaban J connectivity index is 1.64. The molecule has 172 valence electrons. The summed E-state index contributed by atoms with van der Waals surface area (Å²) in [6.45, 7) is 3.31. The first kappa shape index (κ1) is 24.1. The van der Waals surface area contributed by atoms with Crippen LogP contribution in [0.3, 0.4) is 0 Å². The molecule has 0 saturated heterocycles. The lowest BCUT2D eigenvalue weighted by Crippen LogP contribution is -2.52. The van der Waals surface area contributed by atoms with E-state index in [1.165, 1.54) is 12.1 Å². The lowest BCUT2D eigenvalue weighted by Gasteiger charge is -2.28. The van der Waals surface area contributed by atoms with E-state index in [-0.39, 0.29) is 12.2 Å². The number of pyridine rings is 1. The number of halogens is 4.